The zero-order chi connectivity index (χ0) is 12.6. The number of anilines is 1. The molecule has 1 spiro atoms. The quantitative estimate of drug-likeness (QED) is 0.868. The molecule has 3 rings (SSSR count). The minimum atomic E-state index is 0.0959. The summed E-state index contributed by atoms with van der Waals surface area (Å²) < 4.78 is 5.46. The molecule has 4 nitrogen and oxygen atoms in total. The van der Waals surface area contributed by atoms with Crippen LogP contribution >= 0.6 is 0 Å². The highest BCUT2D eigenvalue weighted by Crippen LogP contribution is 2.43. The zero-order valence-corrected chi connectivity index (χ0v) is 10.7. The highest BCUT2D eigenvalue weighted by Gasteiger charge is 2.45. The molecular weight excluding hydrogens is 226 g/mol. The van der Waals surface area contributed by atoms with Crippen molar-refractivity contribution in [3.05, 3.63) is 24.3 Å². The standard InChI is InChI=1S/C14H19N3O/c1-18-12-7-3-2-6-11(12)17-13(15)16-10-14(17)8-4-5-9-14/h2-3,6-7H,4-5,8-10H2,1H3,(H2,15,16). The molecule has 1 fully saturated rings. The van der Waals surface area contributed by atoms with Gasteiger partial charge >= 0.3 is 0 Å². The Hall–Kier alpha value is -1.71. The maximum Gasteiger partial charge on any atom is 0.196 e. The van der Waals surface area contributed by atoms with Gasteiger partial charge < -0.3 is 15.4 Å². The lowest BCUT2D eigenvalue weighted by Gasteiger charge is -2.36. The third-order valence-corrected chi connectivity index (χ3v) is 4.10. The lowest BCUT2D eigenvalue weighted by Crippen LogP contribution is -2.50. The first-order chi connectivity index (χ1) is 8.77. The zero-order valence-electron chi connectivity index (χ0n) is 10.7. The second-order valence-corrected chi connectivity index (χ2v) is 5.11. The number of para-hydroxylation sites is 2. The molecule has 1 aliphatic carbocycles. The number of ether oxygens (including phenoxy) is 1. The monoisotopic (exact) mass is 245 g/mol. The van der Waals surface area contributed by atoms with Crippen LogP contribution < -0.4 is 15.4 Å². The van der Waals surface area contributed by atoms with Gasteiger partial charge in [-0.3, -0.25) is 4.99 Å². The maximum absolute atomic E-state index is 6.11. The van der Waals surface area contributed by atoms with Crippen LogP contribution in [0.2, 0.25) is 0 Å². The molecule has 0 amide bonds. The molecule has 0 saturated heterocycles. The number of hydrogen-bond donors (Lipinski definition) is 1. The molecule has 4 heteroatoms. The molecule has 0 radical (unpaired) electrons. The van der Waals surface area contributed by atoms with Gasteiger partial charge in [0.05, 0.1) is 24.9 Å². The fourth-order valence-electron chi connectivity index (χ4n) is 3.22. The van der Waals surface area contributed by atoms with E-state index in [0.717, 1.165) is 30.8 Å². The van der Waals surface area contributed by atoms with Crippen LogP contribution in [0, 0.1) is 0 Å². The lowest BCUT2D eigenvalue weighted by atomic mass is 9.96. The number of aliphatic imine (C=N–C) groups is 1. The predicted octanol–water partition coefficient (Wildman–Crippen LogP) is 2.14. The minimum Gasteiger partial charge on any atom is -0.495 e. The highest BCUT2D eigenvalue weighted by molar-refractivity contribution is 5.99. The summed E-state index contributed by atoms with van der Waals surface area (Å²) in [7, 11) is 1.70. The summed E-state index contributed by atoms with van der Waals surface area (Å²) in [6.07, 6.45) is 4.84. The van der Waals surface area contributed by atoms with E-state index in [9.17, 15) is 0 Å². The van der Waals surface area contributed by atoms with Crippen LogP contribution in [0.25, 0.3) is 0 Å². The lowest BCUT2D eigenvalue weighted by molar-refractivity contribution is 0.408. The molecule has 1 aliphatic heterocycles. The van der Waals surface area contributed by atoms with Gasteiger partial charge in [-0.1, -0.05) is 25.0 Å². The molecule has 1 heterocycles. The number of benzene rings is 1. The Kier molecular flexibility index (Phi) is 2.65. The minimum absolute atomic E-state index is 0.0959. The van der Waals surface area contributed by atoms with Crippen molar-refractivity contribution in [1.82, 2.24) is 0 Å². The first-order valence-electron chi connectivity index (χ1n) is 6.50. The van der Waals surface area contributed by atoms with E-state index < -0.39 is 0 Å². The molecule has 96 valence electrons. The topological polar surface area (TPSA) is 50.9 Å². The number of nitrogens with zero attached hydrogens (tertiary/aromatic N) is 2. The van der Waals surface area contributed by atoms with Gasteiger partial charge in [0.1, 0.15) is 5.75 Å². The maximum atomic E-state index is 6.11. The summed E-state index contributed by atoms with van der Waals surface area (Å²) in [6, 6.07) is 8.04. The Balaban J connectivity index is 2.05. The van der Waals surface area contributed by atoms with E-state index in [1.807, 2.05) is 18.2 Å². The van der Waals surface area contributed by atoms with Crippen molar-refractivity contribution in [2.45, 2.75) is 31.2 Å². The molecule has 1 aromatic carbocycles. The van der Waals surface area contributed by atoms with Crippen molar-refractivity contribution in [2.24, 2.45) is 10.7 Å². The van der Waals surface area contributed by atoms with E-state index in [1.165, 1.54) is 12.8 Å². The Morgan fingerprint density at radius 3 is 2.72 bits per heavy atom. The molecule has 2 aliphatic rings. The first kappa shape index (κ1) is 11.4. The molecule has 2 N–H and O–H groups in total. The van der Waals surface area contributed by atoms with Gasteiger partial charge in [-0.2, -0.15) is 0 Å². The van der Waals surface area contributed by atoms with Crippen molar-refractivity contribution < 1.29 is 4.74 Å². The van der Waals surface area contributed by atoms with Crippen LogP contribution in [0.15, 0.2) is 29.3 Å². The number of rotatable bonds is 2. The molecule has 0 bridgehead atoms. The van der Waals surface area contributed by atoms with Crippen molar-refractivity contribution in [3.8, 4) is 5.75 Å². The van der Waals surface area contributed by atoms with Gasteiger partial charge in [0.15, 0.2) is 5.96 Å². The normalized spacial score (nSPS) is 21.4. The molecular formula is C14H19N3O. The fraction of sp³-hybridized carbons (Fsp3) is 0.500. The number of hydrogen-bond acceptors (Lipinski definition) is 4. The molecule has 0 unspecified atom stereocenters. The summed E-state index contributed by atoms with van der Waals surface area (Å²) in [5, 5.41) is 0. The molecule has 18 heavy (non-hydrogen) atoms. The van der Waals surface area contributed by atoms with Crippen LogP contribution in [-0.2, 0) is 0 Å². The summed E-state index contributed by atoms with van der Waals surface area (Å²) in [5.74, 6) is 1.49. The average Bonchev–Trinajstić information content (AvgIpc) is 2.99. The highest BCUT2D eigenvalue weighted by atomic mass is 16.5. The van der Waals surface area contributed by atoms with Gasteiger partial charge in [-0.15, -0.1) is 0 Å². The van der Waals surface area contributed by atoms with Crippen LogP contribution in [0.4, 0.5) is 5.69 Å². The van der Waals surface area contributed by atoms with E-state index in [4.69, 9.17) is 10.5 Å². The fourth-order valence-corrected chi connectivity index (χ4v) is 3.22. The number of nitrogens with two attached hydrogens (primary N) is 1. The third-order valence-electron chi connectivity index (χ3n) is 4.10. The Morgan fingerprint density at radius 2 is 2.00 bits per heavy atom. The van der Waals surface area contributed by atoms with E-state index in [-0.39, 0.29) is 5.54 Å². The van der Waals surface area contributed by atoms with Gasteiger partial charge in [-0.05, 0) is 25.0 Å². The van der Waals surface area contributed by atoms with E-state index in [1.54, 1.807) is 7.11 Å². The van der Waals surface area contributed by atoms with Crippen molar-refractivity contribution in [1.29, 1.82) is 0 Å². The van der Waals surface area contributed by atoms with Gasteiger partial charge in [-0.25, -0.2) is 0 Å². The molecule has 1 saturated carbocycles. The molecule has 0 aromatic heterocycles. The molecule has 1 aromatic rings. The van der Waals surface area contributed by atoms with Crippen LogP contribution in [0.3, 0.4) is 0 Å². The van der Waals surface area contributed by atoms with Crippen molar-refractivity contribution in [2.75, 3.05) is 18.6 Å². The second kappa shape index (κ2) is 4.19. The Morgan fingerprint density at radius 1 is 1.28 bits per heavy atom. The van der Waals surface area contributed by atoms with Crippen molar-refractivity contribution in [3.63, 3.8) is 0 Å². The van der Waals surface area contributed by atoms with Gasteiger partial charge in [0, 0.05) is 0 Å². The van der Waals surface area contributed by atoms with Crippen LogP contribution in [0.1, 0.15) is 25.7 Å². The largest absolute Gasteiger partial charge is 0.495 e. The average molecular weight is 245 g/mol. The SMILES string of the molecule is COc1ccccc1N1C(N)=NCC12CCCC2. The Bertz CT molecular complexity index is 478. The molecule has 0 atom stereocenters. The second-order valence-electron chi connectivity index (χ2n) is 5.11. The predicted molar refractivity (Wildman–Crippen MR) is 73.2 cm³/mol. The van der Waals surface area contributed by atoms with Crippen LogP contribution in [0.5, 0.6) is 5.75 Å². The first-order valence-corrected chi connectivity index (χ1v) is 6.50. The summed E-state index contributed by atoms with van der Waals surface area (Å²) in [6.45, 7) is 0.816. The van der Waals surface area contributed by atoms with Gasteiger partial charge in [0.2, 0.25) is 0 Å². The van der Waals surface area contributed by atoms with E-state index >= 15 is 0 Å². The Labute approximate surface area is 107 Å². The van der Waals surface area contributed by atoms with E-state index in [2.05, 4.69) is 16.0 Å². The van der Waals surface area contributed by atoms with Gasteiger partial charge in [0.25, 0.3) is 0 Å². The summed E-state index contributed by atoms with van der Waals surface area (Å²) >= 11 is 0. The van der Waals surface area contributed by atoms with Crippen molar-refractivity contribution >= 4 is 11.6 Å². The van der Waals surface area contributed by atoms with Crippen LogP contribution in [-0.4, -0.2) is 25.2 Å². The smallest absolute Gasteiger partial charge is 0.196 e. The number of guanidine groups is 1. The number of methoxy groups -OCH3 is 1. The third kappa shape index (κ3) is 1.55. The summed E-state index contributed by atoms with van der Waals surface area (Å²) in [4.78, 5) is 6.66. The summed E-state index contributed by atoms with van der Waals surface area (Å²) in [5.41, 5.74) is 7.25. The van der Waals surface area contributed by atoms with E-state index in [0.29, 0.717) is 5.96 Å².